The molecule has 0 fully saturated rings. The van der Waals surface area contributed by atoms with Crippen LogP contribution in [0.25, 0.3) is 32.9 Å². The van der Waals surface area contributed by atoms with Crippen molar-refractivity contribution in [2.24, 2.45) is 5.73 Å². The van der Waals surface area contributed by atoms with Crippen LogP contribution in [0.3, 0.4) is 0 Å². The summed E-state index contributed by atoms with van der Waals surface area (Å²) in [4.78, 5) is 24.6. The van der Waals surface area contributed by atoms with Crippen molar-refractivity contribution in [1.29, 1.82) is 0 Å². The van der Waals surface area contributed by atoms with Crippen LogP contribution in [0.15, 0.2) is 47.4 Å². The number of nitrogens with zero attached hydrogens (tertiary/aromatic N) is 2. The van der Waals surface area contributed by atoms with Crippen LogP contribution in [-0.4, -0.2) is 28.6 Å². The first kappa shape index (κ1) is 18.1. The number of fused-ring (bicyclic) bond motifs is 3. The summed E-state index contributed by atoms with van der Waals surface area (Å²) >= 11 is 0. The molecule has 1 unspecified atom stereocenters. The third-order valence-electron chi connectivity index (χ3n) is 5.19. The van der Waals surface area contributed by atoms with Crippen LogP contribution in [-0.2, 0) is 0 Å². The summed E-state index contributed by atoms with van der Waals surface area (Å²) in [5, 5.41) is 1.37. The fourth-order valence-corrected chi connectivity index (χ4v) is 3.57. The Morgan fingerprint density at radius 2 is 1.96 bits per heavy atom. The van der Waals surface area contributed by atoms with Crippen molar-refractivity contribution >= 4 is 21.8 Å². The minimum absolute atomic E-state index is 0.177. The first-order valence-corrected chi connectivity index (χ1v) is 9.20. The monoisotopic (exact) mass is 374 g/mol. The number of pyridine rings is 3. The van der Waals surface area contributed by atoms with E-state index in [0.29, 0.717) is 34.5 Å². The van der Waals surface area contributed by atoms with Gasteiger partial charge in [-0.25, -0.2) is 4.98 Å². The maximum Gasteiger partial charge on any atom is 0.257 e. The molecule has 0 amide bonds. The molecular formula is C22H22N4O2. The summed E-state index contributed by atoms with van der Waals surface area (Å²) in [7, 11) is 1.60. The van der Waals surface area contributed by atoms with Gasteiger partial charge in [-0.3, -0.25) is 9.78 Å². The Bertz CT molecular complexity index is 1230. The van der Waals surface area contributed by atoms with Gasteiger partial charge in [0.2, 0.25) is 5.88 Å². The van der Waals surface area contributed by atoms with E-state index in [9.17, 15) is 4.79 Å². The molecule has 4 aromatic rings. The molecule has 0 bridgehead atoms. The van der Waals surface area contributed by atoms with E-state index >= 15 is 0 Å². The van der Waals surface area contributed by atoms with Gasteiger partial charge in [-0.2, -0.15) is 0 Å². The SMILES string of the molecule is COc1nc(C)c2[nH]c(=O)c3cccnc3c2c1-c1ccc(C(C)CN)cc1. The van der Waals surface area contributed by atoms with Crippen LogP contribution < -0.4 is 16.0 Å². The molecule has 3 N–H and O–H groups in total. The van der Waals surface area contributed by atoms with Crippen molar-refractivity contribution in [3.8, 4) is 17.0 Å². The number of aryl methyl sites for hydroxylation is 1. The molecule has 6 heteroatoms. The van der Waals surface area contributed by atoms with Crippen LogP contribution in [0.2, 0.25) is 0 Å². The molecule has 0 saturated heterocycles. The van der Waals surface area contributed by atoms with Gasteiger partial charge in [0.1, 0.15) is 0 Å². The van der Waals surface area contributed by atoms with E-state index in [4.69, 9.17) is 10.5 Å². The van der Waals surface area contributed by atoms with Crippen molar-refractivity contribution in [3.05, 3.63) is 64.2 Å². The van der Waals surface area contributed by atoms with Crippen LogP contribution in [0.4, 0.5) is 0 Å². The van der Waals surface area contributed by atoms with Gasteiger partial charge in [-0.1, -0.05) is 31.2 Å². The number of H-pyrrole nitrogens is 1. The molecule has 0 aliphatic rings. The predicted octanol–water partition coefficient (Wildman–Crippen LogP) is 3.52. The fraction of sp³-hybridized carbons (Fsp3) is 0.227. The predicted molar refractivity (Wildman–Crippen MR) is 112 cm³/mol. The first-order valence-electron chi connectivity index (χ1n) is 9.20. The van der Waals surface area contributed by atoms with Gasteiger partial charge in [-0.15, -0.1) is 0 Å². The lowest BCUT2D eigenvalue weighted by atomic mass is 9.95. The van der Waals surface area contributed by atoms with E-state index in [1.165, 1.54) is 5.56 Å². The lowest BCUT2D eigenvalue weighted by Crippen LogP contribution is -2.10. The molecular weight excluding hydrogens is 352 g/mol. The third-order valence-corrected chi connectivity index (χ3v) is 5.19. The average Bonchev–Trinajstić information content (AvgIpc) is 2.74. The highest BCUT2D eigenvalue weighted by molar-refractivity contribution is 6.12. The summed E-state index contributed by atoms with van der Waals surface area (Å²) in [6.45, 7) is 4.54. The molecule has 0 radical (unpaired) electrons. The zero-order valence-corrected chi connectivity index (χ0v) is 16.1. The zero-order chi connectivity index (χ0) is 19.8. The van der Waals surface area contributed by atoms with E-state index in [-0.39, 0.29) is 11.5 Å². The van der Waals surface area contributed by atoms with Crippen LogP contribution in [0.1, 0.15) is 24.1 Å². The highest BCUT2D eigenvalue weighted by atomic mass is 16.5. The Hall–Kier alpha value is -3.25. The standard InChI is InChI=1S/C22H22N4O2/c1-12(11-23)14-6-8-15(9-7-14)17-18-19(13(2)25-22(17)28-3)26-21(27)16-5-4-10-24-20(16)18/h4-10,12H,11,23H2,1-3H3,(H,26,27). The molecule has 1 atom stereocenters. The number of ether oxygens (including phenoxy) is 1. The van der Waals surface area contributed by atoms with Crippen LogP contribution >= 0.6 is 0 Å². The number of aromatic amines is 1. The average molecular weight is 374 g/mol. The first-order chi connectivity index (χ1) is 13.5. The quantitative estimate of drug-likeness (QED) is 0.533. The number of rotatable bonds is 4. The van der Waals surface area contributed by atoms with Crippen LogP contribution in [0, 0.1) is 6.92 Å². The van der Waals surface area contributed by atoms with Crippen molar-refractivity contribution in [2.45, 2.75) is 19.8 Å². The lowest BCUT2D eigenvalue weighted by Gasteiger charge is -2.16. The van der Waals surface area contributed by atoms with E-state index < -0.39 is 0 Å². The molecule has 142 valence electrons. The Labute approximate surface area is 162 Å². The second-order valence-corrected chi connectivity index (χ2v) is 6.94. The van der Waals surface area contributed by atoms with Crippen molar-refractivity contribution < 1.29 is 4.74 Å². The maximum atomic E-state index is 12.5. The topological polar surface area (TPSA) is 93.9 Å². The summed E-state index contributed by atoms with van der Waals surface area (Å²) in [5.74, 6) is 0.784. The van der Waals surface area contributed by atoms with Gasteiger partial charge in [0.15, 0.2) is 0 Å². The molecule has 28 heavy (non-hydrogen) atoms. The number of nitrogens with one attached hydrogen (secondary N) is 1. The minimum atomic E-state index is -0.177. The van der Waals surface area contributed by atoms with Crippen molar-refractivity contribution in [1.82, 2.24) is 15.0 Å². The Balaban J connectivity index is 2.11. The minimum Gasteiger partial charge on any atom is -0.481 e. The van der Waals surface area contributed by atoms with Crippen molar-refractivity contribution in [3.63, 3.8) is 0 Å². The van der Waals surface area contributed by atoms with Gasteiger partial charge in [-0.05, 0) is 42.6 Å². The number of aromatic nitrogens is 3. The Morgan fingerprint density at radius 3 is 2.64 bits per heavy atom. The normalized spacial score (nSPS) is 12.4. The number of benzene rings is 1. The van der Waals surface area contributed by atoms with Gasteiger partial charge in [0.25, 0.3) is 5.56 Å². The number of hydrogen-bond acceptors (Lipinski definition) is 5. The molecule has 0 aliphatic heterocycles. The fourth-order valence-electron chi connectivity index (χ4n) is 3.57. The Morgan fingerprint density at radius 1 is 1.21 bits per heavy atom. The number of hydrogen-bond donors (Lipinski definition) is 2. The largest absolute Gasteiger partial charge is 0.481 e. The lowest BCUT2D eigenvalue weighted by molar-refractivity contribution is 0.399. The molecule has 0 aliphatic carbocycles. The molecule has 6 nitrogen and oxygen atoms in total. The number of nitrogens with two attached hydrogens (primary N) is 1. The van der Waals surface area contributed by atoms with E-state index in [0.717, 1.165) is 16.5 Å². The molecule has 1 aromatic carbocycles. The molecule has 3 heterocycles. The zero-order valence-electron chi connectivity index (χ0n) is 16.1. The van der Waals surface area contributed by atoms with Gasteiger partial charge >= 0.3 is 0 Å². The number of methoxy groups -OCH3 is 1. The van der Waals surface area contributed by atoms with Gasteiger partial charge in [0, 0.05) is 11.6 Å². The summed E-state index contributed by atoms with van der Waals surface area (Å²) in [6.07, 6.45) is 1.69. The van der Waals surface area contributed by atoms with E-state index in [2.05, 4.69) is 34.0 Å². The maximum absolute atomic E-state index is 12.5. The van der Waals surface area contributed by atoms with Gasteiger partial charge in [0.05, 0.1) is 34.8 Å². The summed E-state index contributed by atoms with van der Waals surface area (Å²) in [5.41, 5.74) is 10.5. The van der Waals surface area contributed by atoms with E-state index in [1.54, 1.807) is 25.4 Å². The second kappa shape index (κ2) is 7.05. The second-order valence-electron chi connectivity index (χ2n) is 6.94. The molecule has 0 saturated carbocycles. The highest BCUT2D eigenvalue weighted by Gasteiger charge is 2.19. The molecule has 4 rings (SSSR count). The molecule has 0 spiro atoms. The summed E-state index contributed by atoms with van der Waals surface area (Å²) < 4.78 is 5.62. The third kappa shape index (κ3) is 2.82. The highest BCUT2D eigenvalue weighted by Crippen LogP contribution is 2.38. The van der Waals surface area contributed by atoms with Crippen LogP contribution in [0.5, 0.6) is 5.88 Å². The summed E-state index contributed by atoms with van der Waals surface area (Å²) in [6, 6.07) is 11.7. The molecule has 3 aromatic heterocycles. The van der Waals surface area contributed by atoms with Crippen molar-refractivity contribution in [2.75, 3.05) is 13.7 Å². The van der Waals surface area contributed by atoms with E-state index in [1.807, 2.05) is 19.1 Å². The Kier molecular flexibility index (Phi) is 4.57. The smallest absolute Gasteiger partial charge is 0.257 e. The van der Waals surface area contributed by atoms with Gasteiger partial charge < -0.3 is 15.5 Å².